The fourth-order valence-electron chi connectivity index (χ4n) is 3.22. The summed E-state index contributed by atoms with van der Waals surface area (Å²) in [4.78, 5) is 0. The van der Waals surface area contributed by atoms with Crippen LogP contribution >= 0.6 is 0 Å². The van der Waals surface area contributed by atoms with Crippen LogP contribution in [0.25, 0.3) is 0 Å². The van der Waals surface area contributed by atoms with Gasteiger partial charge >= 0.3 is 0 Å². The third-order valence-electron chi connectivity index (χ3n) is 4.56. The number of ether oxygens (including phenoxy) is 1. The third-order valence-corrected chi connectivity index (χ3v) is 4.56. The van der Waals surface area contributed by atoms with Crippen LogP contribution in [-0.4, -0.2) is 19.1 Å². The lowest BCUT2D eigenvalue weighted by molar-refractivity contribution is 0.338. The molecule has 2 aromatic carbocycles. The molecule has 0 bridgehead atoms. The van der Waals surface area contributed by atoms with Crippen LogP contribution in [0, 0.1) is 11.6 Å². The molecule has 0 saturated carbocycles. The molecule has 5 heteroatoms. The van der Waals surface area contributed by atoms with Gasteiger partial charge in [0.05, 0.1) is 0 Å². The summed E-state index contributed by atoms with van der Waals surface area (Å²) in [7, 11) is 0. The van der Waals surface area contributed by atoms with E-state index in [4.69, 9.17) is 4.74 Å². The highest BCUT2D eigenvalue weighted by Crippen LogP contribution is 2.33. The van der Waals surface area contributed by atoms with Crippen LogP contribution in [0.15, 0.2) is 42.5 Å². The molecule has 134 valence electrons. The van der Waals surface area contributed by atoms with Crippen LogP contribution in [0.5, 0.6) is 11.5 Å². The molecule has 2 N–H and O–H groups in total. The summed E-state index contributed by atoms with van der Waals surface area (Å²) >= 11 is 0. The smallest absolute Gasteiger partial charge is 0.198 e. The van der Waals surface area contributed by atoms with E-state index in [0.717, 1.165) is 25.9 Å². The van der Waals surface area contributed by atoms with E-state index in [1.165, 1.54) is 12.1 Å². The van der Waals surface area contributed by atoms with Crippen molar-refractivity contribution in [1.82, 2.24) is 10.6 Å². The lowest BCUT2D eigenvalue weighted by Crippen LogP contribution is -2.44. The van der Waals surface area contributed by atoms with Gasteiger partial charge < -0.3 is 15.4 Å². The minimum Gasteiger partial charge on any atom is -0.451 e. The van der Waals surface area contributed by atoms with Crippen molar-refractivity contribution in [3.05, 3.63) is 59.7 Å². The second-order valence-corrected chi connectivity index (χ2v) is 6.37. The predicted octanol–water partition coefficient (Wildman–Crippen LogP) is 4.55. The van der Waals surface area contributed by atoms with Gasteiger partial charge in [0.25, 0.3) is 0 Å². The van der Waals surface area contributed by atoms with Gasteiger partial charge in [0.1, 0.15) is 5.75 Å². The Hall–Kier alpha value is -1.98. The predicted molar refractivity (Wildman–Crippen MR) is 94.9 cm³/mol. The summed E-state index contributed by atoms with van der Waals surface area (Å²) in [5, 5.41) is 6.84. The zero-order valence-electron chi connectivity index (χ0n) is 14.4. The number of rotatable bonds is 6. The number of hydrogen-bond acceptors (Lipinski definition) is 3. The molecular weight excluding hydrogens is 322 g/mol. The van der Waals surface area contributed by atoms with Crippen molar-refractivity contribution in [3.63, 3.8) is 0 Å². The second-order valence-electron chi connectivity index (χ2n) is 6.37. The number of nitrogens with one attached hydrogen (secondary N) is 2. The highest BCUT2D eigenvalue weighted by molar-refractivity contribution is 5.38. The highest BCUT2D eigenvalue weighted by atomic mass is 19.1. The Morgan fingerprint density at radius 1 is 1.20 bits per heavy atom. The molecule has 0 spiro atoms. The Bertz CT molecular complexity index is 688. The van der Waals surface area contributed by atoms with Crippen molar-refractivity contribution in [1.29, 1.82) is 0 Å². The van der Waals surface area contributed by atoms with Gasteiger partial charge in [-0.15, -0.1) is 0 Å². The van der Waals surface area contributed by atoms with E-state index in [-0.39, 0.29) is 11.8 Å². The third kappa shape index (κ3) is 4.35. The zero-order chi connectivity index (χ0) is 17.6. The zero-order valence-corrected chi connectivity index (χ0v) is 14.4. The first-order valence-electron chi connectivity index (χ1n) is 8.86. The van der Waals surface area contributed by atoms with Gasteiger partial charge in [0, 0.05) is 24.2 Å². The molecule has 3 nitrogen and oxygen atoms in total. The maximum absolute atomic E-state index is 15.0. The van der Waals surface area contributed by atoms with Gasteiger partial charge in [-0.3, -0.25) is 0 Å². The Labute approximate surface area is 147 Å². The molecular formula is C20H24F2N2O. The van der Waals surface area contributed by atoms with Crippen LogP contribution in [0.2, 0.25) is 0 Å². The maximum Gasteiger partial charge on any atom is 0.198 e. The van der Waals surface area contributed by atoms with Crippen LogP contribution in [-0.2, 0) is 0 Å². The van der Waals surface area contributed by atoms with Gasteiger partial charge in [-0.1, -0.05) is 31.2 Å². The van der Waals surface area contributed by atoms with Gasteiger partial charge in [-0.2, -0.15) is 0 Å². The highest BCUT2D eigenvalue weighted by Gasteiger charge is 2.24. The Kier molecular flexibility index (Phi) is 6.00. The Balaban J connectivity index is 1.83. The number of halogens is 2. The lowest BCUT2D eigenvalue weighted by Gasteiger charge is -2.29. The number of piperidine rings is 1. The molecule has 2 unspecified atom stereocenters. The average Bonchev–Trinajstić information content (AvgIpc) is 2.65. The maximum atomic E-state index is 15.0. The van der Waals surface area contributed by atoms with Crippen LogP contribution in [0.1, 0.15) is 37.8 Å². The quantitative estimate of drug-likeness (QED) is 0.805. The van der Waals surface area contributed by atoms with Gasteiger partial charge in [-0.05, 0) is 44.0 Å². The summed E-state index contributed by atoms with van der Waals surface area (Å²) < 4.78 is 34.6. The monoisotopic (exact) mass is 346 g/mol. The summed E-state index contributed by atoms with van der Waals surface area (Å²) in [5.74, 6) is -1.26. The summed E-state index contributed by atoms with van der Waals surface area (Å²) in [6.45, 7) is 3.88. The molecule has 0 aromatic heterocycles. The topological polar surface area (TPSA) is 33.3 Å². The van der Waals surface area contributed by atoms with Crippen molar-refractivity contribution in [2.24, 2.45) is 0 Å². The largest absolute Gasteiger partial charge is 0.451 e. The summed E-state index contributed by atoms with van der Waals surface area (Å²) in [5.41, 5.74) is 0.445. The molecule has 1 fully saturated rings. The molecule has 1 heterocycles. The lowest BCUT2D eigenvalue weighted by atomic mass is 9.99. The molecule has 1 saturated heterocycles. The van der Waals surface area contributed by atoms with Crippen molar-refractivity contribution in [2.75, 3.05) is 13.1 Å². The van der Waals surface area contributed by atoms with Gasteiger partial charge in [-0.25, -0.2) is 8.78 Å². The molecule has 1 aliphatic rings. The minimum absolute atomic E-state index is 0.177. The fourth-order valence-corrected chi connectivity index (χ4v) is 3.22. The number of benzene rings is 2. The SMILES string of the molecule is CCC(NC1CCCNC1)c1ccc(F)c(Oc2ccccc2)c1F. The standard InChI is InChI=1S/C20H24F2N2O/c1-2-18(24-14-7-6-12-23-13-14)16-10-11-17(21)20(19(16)22)25-15-8-4-3-5-9-15/h3-5,8-11,14,18,23-24H,2,6-7,12-13H2,1H3. The molecule has 25 heavy (non-hydrogen) atoms. The summed E-state index contributed by atoms with van der Waals surface area (Å²) in [6.07, 6.45) is 2.87. The number of hydrogen-bond donors (Lipinski definition) is 2. The fraction of sp³-hybridized carbons (Fsp3) is 0.400. The first-order chi connectivity index (χ1) is 12.2. The Morgan fingerprint density at radius 3 is 2.68 bits per heavy atom. The molecule has 0 amide bonds. The molecule has 1 aliphatic heterocycles. The molecule has 0 aliphatic carbocycles. The Morgan fingerprint density at radius 2 is 2.00 bits per heavy atom. The van der Waals surface area contributed by atoms with E-state index in [1.807, 2.05) is 13.0 Å². The van der Waals surface area contributed by atoms with E-state index >= 15 is 0 Å². The normalized spacial score (nSPS) is 18.8. The van der Waals surface area contributed by atoms with Crippen LogP contribution in [0.3, 0.4) is 0 Å². The van der Waals surface area contributed by atoms with Crippen molar-refractivity contribution >= 4 is 0 Å². The van der Waals surface area contributed by atoms with E-state index in [2.05, 4.69) is 10.6 Å². The first-order valence-corrected chi connectivity index (χ1v) is 8.86. The van der Waals surface area contributed by atoms with Crippen molar-refractivity contribution in [2.45, 2.75) is 38.3 Å². The average molecular weight is 346 g/mol. The van der Waals surface area contributed by atoms with E-state index in [0.29, 0.717) is 23.8 Å². The molecule has 2 atom stereocenters. The molecule has 3 rings (SSSR count). The van der Waals surface area contributed by atoms with Gasteiger partial charge in [0.2, 0.25) is 0 Å². The molecule has 0 radical (unpaired) electrons. The van der Waals surface area contributed by atoms with Gasteiger partial charge in [0.15, 0.2) is 17.4 Å². The minimum atomic E-state index is -0.695. The second kappa shape index (κ2) is 8.41. The van der Waals surface area contributed by atoms with Crippen molar-refractivity contribution in [3.8, 4) is 11.5 Å². The summed E-state index contributed by atoms with van der Waals surface area (Å²) in [6, 6.07) is 11.6. The van der Waals surface area contributed by atoms with Crippen molar-refractivity contribution < 1.29 is 13.5 Å². The first kappa shape index (κ1) is 17.8. The number of para-hydroxylation sites is 1. The molecule has 2 aromatic rings. The van der Waals surface area contributed by atoms with Crippen LogP contribution in [0.4, 0.5) is 8.78 Å². The van der Waals surface area contributed by atoms with E-state index in [9.17, 15) is 8.78 Å². The van der Waals surface area contributed by atoms with Crippen LogP contribution < -0.4 is 15.4 Å². The van der Waals surface area contributed by atoms with E-state index < -0.39 is 11.6 Å². The van der Waals surface area contributed by atoms with E-state index in [1.54, 1.807) is 24.3 Å².